The molecule has 108 valence electrons. The lowest BCUT2D eigenvalue weighted by molar-refractivity contribution is 0.0688. The van der Waals surface area contributed by atoms with E-state index in [4.69, 9.17) is 21.1 Å². The maximum Gasteiger partial charge on any atom is 0.129 e. The van der Waals surface area contributed by atoms with Crippen molar-refractivity contribution < 1.29 is 13.9 Å². The van der Waals surface area contributed by atoms with Crippen LogP contribution in [-0.2, 0) is 16.0 Å². The quantitative estimate of drug-likeness (QED) is 0.672. The molecule has 0 spiro atoms. The Balaban J connectivity index is 2.01. The Bertz CT molecular complexity index is 363. The van der Waals surface area contributed by atoms with Gasteiger partial charge in [-0.1, -0.05) is 17.7 Å². The summed E-state index contributed by atoms with van der Waals surface area (Å²) in [5, 5.41) is 3.63. The smallest absolute Gasteiger partial charge is 0.129 e. The van der Waals surface area contributed by atoms with E-state index in [2.05, 4.69) is 5.32 Å². The lowest BCUT2D eigenvalue weighted by Gasteiger charge is -2.07. The number of nitrogens with one attached hydrogen (secondary N) is 1. The molecule has 0 bridgehead atoms. The van der Waals surface area contributed by atoms with Crippen LogP contribution in [-0.4, -0.2) is 33.5 Å². The Morgan fingerprint density at radius 3 is 2.79 bits per heavy atom. The molecule has 0 aliphatic heterocycles. The second kappa shape index (κ2) is 10.1. The van der Waals surface area contributed by atoms with Crippen LogP contribution in [0.1, 0.15) is 18.4 Å². The number of benzene rings is 1. The molecular formula is C14H21ClFNO2. The standard InChI is InChI=1S/C14H21ClFNO2/c1-18-8-9-19-7-3-2-6-17-11-12-4-5-13(15)10-14(12)16/h4-5,10,17H,2-3,6-9,11H2,1H3. The second-order valence-electron chi connectivity index (χ2n) is 4.22. The highest BCUT2D eigenvalue weighted by Crippen LogP contribution is 2.14. The molecule has 1 aromatic carbocycles. The molecule has 3 nitrogen and oxygen atoms in total. The fourth-order valence-corrected chi connectivity index (χ4v) is 1.75. The molecule has 0 atom stereocenters. The summed E-state index contributed by atoms with van der Waals surface area (Å²) in [5.41, 5.74) is 0.640. The van der Waals surface area contributed by atoms with Gasteiger partial charge in [0.05, 0.1) is 13.2 Å². The molecule has 0 heterocycles. The van der Waals surface area contributed by atoms with Gasteiger partial charge in [0, 0.05) is 30.8 Å². The van der Waals surface area contributed by atoms with E-state index < -0.39 is 0 Å². The van der Waals surface area contributed by atoms with Crippen molar-refractivity contribution >= 4 is 11.6 Å². The van der Waals surface area contributed by atoms with Gasteiger partial charge in [-0.3, -0.25) is 0 Å². The fraction of sp³-hybridized carbons (Fsp3) is 0.571. The average molecular weight is 290 g/mol. The molecule has 0 fully saturated rings. The zero-order valence-electron chi connectivity index (χ0n) is 11.3. The molecule has 0 saturated heterocycles. The van der Waals surface area contributed by atoms with E-state index >= 15 is 0 Å². The first kappa shape index (κ1) is 16.4. The Hall–Kier alpha value is -0.680. The van der Waals surface area contributed by atoms with Crippen LogP contribution in [0, 0.1) is 5.82 Å². The summed E-state index contributed by atoms with van der Waals surface area (Å²) in [7, 11) is 1.66. The molecule has 0 unspecified atom stereocenters. The predicted molar refractivity (Wildman–Crippen MR) is 75.0 cm³/mol. The molecule has 0 amide bonds. The normalized spacial score (nSPS) is 10.9. The van der Waals surface area contributed by atoms with Crippen LogP contribution in [0.25, 0.3) is 0 Å². The third-order valence-electron chi connectivity index (χ3n) is 2.65. The Kier molecular flexibility index (Phi) is 8.75. The van der Waals surface area contributed by atoms with Crippen LogP contribution in [0.2, 0.25) is 5.02 Å². The van der Waals surface area contributed by atoms with Crippen molar-refractivity contribution in [3.8, 4) is 0 Å². The molecule has 1 aromatic rings. The van der Waals surface area contributed by atoms with Crippen molar-refractivity contribution in [1.29, 1.82) is 0 Å². The first-order valence-corrected chi connectivity index (χ1v) is 6.83. The summed E-state index contributed by atoms with van der Waals surface area (Å²) in [5.74, 6) is -0.261. The predicted octanol–water partition coefficient (Wildman–Crippen LogP) is 3.01. The van der Waals surface area contributed by atoms with Gasteiger partial charge in [0.15, 0.2) is 0 Å². The molecule has 0 aliphatic carbocycles. The Labute approximate surface area is 119 Å². The zero-order valence-corrected chi connectivity index (χ0v) is 12.0. The number of ether oxygens (including phenoxy) is 2. The van der Waals surface area contributed by atoms with Crippen molar-refractivity contribution in [3.63, 3.8) is 0 Å². The van der Waals surface area contributed by atoms with Crippen LogP contribution >= 0.6 is 11.6 Å². The van der Waals surface area contributed by atoms with Gasteiger partial charge < -0.3 is 14.8 Å². The first-order valence-electron chi connectivity index (χ1n) is 6.45. The maximum absolute atomic E-state index is 13.4. The number of methoxy groups -OCH3 is 1. The summed E-state index contributed by atoms with van der Waals surface area (Å²) < 4.78 is 23.7. The van der Waals surface area contributed by atoms with Gasteiger partial charge in [0.25, 0.3) is 0 Å². The third-order valence-corrected chi connectivity index (χ3v) is 2.89. The highest BCUT2D eigenvalue weighted by Gasteiger charge is 2.01. The van der Waals surface area contributed by atoms with E-state index in [-0.39, 0.29) is 5.82 Å². The van der Waals surface area contributed by atoms with Crippen molar-refractivity contribution in [2.45, 2.75) is 19.4 Å². The topological polar surface area (TPSA) is 30.5 Å². The van der Waals surface area contributed by atoms with Gasteiger partial charge in [-0.25, -0.2) is 4.39 Å². The van der Waals surface area contributed by atoms with Gasteiger partial charge >= 0.3 is 0 Å². The van der Waals surface area contributed by atoms with E-state index in [0.717, 1.165) is 26.0 Å². The van der Waals surface area contributed by atoms with Crippen molar-refractivity contribution in [1.82, 2.24) is 5.32 Å². The molecule has 0 radical (unpaired) electrons. The molecule has 0 aliphatic rings. The number of hydrogen-bond acceptors (Lipinski definition) is 3. The van der Waals surface area contributed by atoms with Gasteiger partial charge in [-0.15, -0.1) is 0 Å². The van der Waals surface area contributed by atoms with Gasteiger partial charge in [-0.05, 0) is 31.5 Å². The van der Waals surface area contributed by atoms with Crippen LogP contribution in [0.5, 0.6) is 0 Å². The summed E-state index contributed by atoms with van der Waals surface area (Å²) >= 11 is 5.69. The molecule has 1 N–H and O–H groups in total. The average Bonchev–Trinajstić information content (AvgIpc) is 2.39. The second-order valence-corrected chi connectivity index (χ2v) is 4.66. The molecular weight excluding hydrogens is 269 g/mol. The molecule has 5 heteroatoms. The summed E-state index contributed by atoms with van der Waals surface area (Å²) in [4.78, 5) is 0. The minimum absolute atomic E-state index is 0.261. The lowest BCUT2D eigenvalue weighted by atomic mass is 10.2. The molecule has 0 aromatic heterocycles. The first-order chi connectivity index (χ1) is 9.24. The van der Waals surface area contributed by atoms with Gasteiger partial charge in [-0.2, -0.15) is 0 Å². The van der Waals surface area contributed by atoms with Crippen molar-refractivity contribution in [2.24, 2.45) is 0 Å². The minimum atomic E-state index is -0.261. The van der Waals surface area contributed by atoms with Crippen molar-refractivity contribution in [3.05, 3.63) is 34.6 Å². The Morgan fingerprint density at radius 2 is 2.05 bits per heavy atom. The monoisotopic (exact) mass is 289 g/mol. The van der Waals surface area contributed by atoms with Crippen LogP contribution in [0.15, 0.2) is 18.2 Å². The highest BCUT2D eigenvalue weighted by molar-refractivity contribution is 6.30. The van der Waals surface area contributed by atoms with Gasteiger partial charge in [0.1, 0.15) is 5.82 Å². The zero-order chi connectivity index (χ0) is 13.9. The number of hydrogen-bond donors (Lipinski definition) is 1. The van der Waals surface area contributed by atoms with E-state index in [9.17, 15) is 4.39 Å². The summed E-state index contributed by atoms with van der Waals surface area (Å²) in [6, 6.07) is 4.74. The van der Waals surface area contributed by atoms with Crippen LogP contribution in [0.3, 0.4) is 0 Å². The lowest BCUT2D eigenvalue weighted by Crippen LogP contribution is -2.16. The van der Waals surface area contributed by atoms with Crippen LogP contribution in [0.4, 0.5) is 4.39 Å². The SMILES string of the molecule is COCCOCCCCNCc1ccc(Cl)cc1F. The molecule has 1 rings (SSSR count). The Morgan fingerprint density at radius 1 is 1.21 bits per heavy atom. The van der Waals surface area contributed by atoms with Crippen LogP contribution < -0.4 is 5.32 Å². The van der Waals surface area contributed by atoms with Gasteiger partial charge in [0.2, 0.25) is 0 Å². The summed E-state index contributed by atoms with van der Waals surface area (Å²) in [6.45, 7) is 3.37. The van der Waals surface area contributed by atoms with Crippen molar-refractivity contribution in [2.75, 3.05) is 33.5 Å². The van der Waals surface area contributed by atoms with E-state index in [1.54, 1.807) is 19.2 Å². The minimum Gasteiger partial charge on any atom is -0.382 e. The highest BCUT2D eigenvalue weighted by atomic mass is 35.5. The largest absolute Gasteiger partial charge is 0.382 e. The summed E-state index contributed by atoms with van der Waals surface area (Å²) in [6.07, 6.45) is 1.99. The van der Waals surface area contributed by atoms with E-state index in [1.165, 1.54) is 6.07 Å². The molecule has 0 saturated carbocycles. The number of unbranched alkanes of at least 4 members (excludes halogenated alkanes) is 1. The maximum atomic E-state index is 13.4. The number of rotatable bonds is 10. The van der Waals surface area contributed by atoms with E-state index in [0.29, 0.717) is 30.3 Å². The van der Waals surface area contributed by atoms with E-state index in [1.807, 2.05) is 0 Å². The molecule has 19 heavy (non-hydrogen) atoms. The fourth-order valence-electron chi connectivity index (χ4n) is 1.59. The number of halogens is 2. The third kappa shape index (κ3) is 7.47.